The van der Waals surface area contributed by atoms with Crippen molar-refractivity contribution in [3.8, 4) is 0 Å². The van der Waals surface area contributed by atoms with Gasteiger partial charge in [-0.1, -0.05) is 258 Å². The Labute approximate surface area is 450 Å². The van der Waals surface area contributed by atoms with Crippen LogP contribution in [0.5, 0.6) is 0 Å². The van der Waals surface area contributed by atoms with Crippen LogP contribution in [-0.4, -0.2) is 37.2 Å². The number of carbonyl (C=O) groups excluding carboxylic acids is 3. The van der Waals surface area contributed by atoms with Crippen molar-refractivity contribution in [2.75, 3.05) is 13.2 Å². The summed E-state index contributed by atoms with van der Waals surface area (Å²) in [6.45, 7) is 6.35. The molecule has 0 amide bonds. The summed E-state index contributed by atoms with van der Waals surface area (Å²) in [4.78, 5) is 38.1. The van der Waals surface area contributed by atoms with E-state index in [1.165, 1.54) is 109 Å². The average molecular weight is 1010 g/mol. The minimum Gasteiger partial charge on any atom is -0.462 e. The first-order chi connectivity index (χ1) is 36.0. The maximum Gasteiger partial charge on any atom is 0.310 e. The number of unbranched alkanes of at least 4 members (excludes halogenated alkanes) is 23. The van der Waals surface area contributed by atoms with Crippen molar-refractivity contribution in [1.29, 1.82) is 0 Å². The van der Waals surface area contributed by atoms with Crippen LogP contribution < -0.4 is 0 Å². The van der Waals surface area contributed by atoms with Gasteiger partial charge < -0.3 is 14.2 Å². The first-order valence-electron chi connectivity index (χ1n) is 30.0. The molecular weight excluding hydrogens is 901 g/mol. The second-order valence-electron chi connectivity index (χ2n) is 19.5. The fourth-order valence-corrected chi connectivity index (χ4v) is 7.97. The Kier molecular flexibility index (Phi) is 56.9. The topological polar surface area (TPSA) is 78.9 Å². The number of rotatable bonds is 53. The lowest BCUT2D eigenvalue weighted by atomic mass is 10.0. The highest BCUT2D eigenvalue weighted by Crippen LogP contribution is 2.15. The minimum atomic E-state index is -0.842. The molecule has 73 heavy (non-hydrogen) atoms. The third kappa shape index (κ3) is 58.6. The lowest BCUT2D eigenvalue weighted by Gasteiger charge is -2.18. The quantitative estimate of drug-likeness (QED) is 0.0261. The van der Waals surface area contributed by atoms with Crippen LogP contribution in [0.3, 0.4) is 0 Å². The van der Waals surface area contributed by atoms with Crippen LogP contribution >= 0.6 is 0 Å². The highest BCUT2D eigenvalue weighted by atomic mass is 16.6. The van der Waals surface area contributed by atoms with Crippen molar-refractivity contribution in [1.82, 2.24) is 0 Å². The van der Waals surface area contributed by atoms with E-state index >= 15 is 0 Å². The number of ether oxygens (including phenoxy) is 3. The van der Waals surface area contributed by atoms with E-state index in [9.17, 15) is 14.4 Å². The third-order valence-corrected chi connectivity index (χ3v) is 12.4. The van der Waals surface area contributed by atoms with Gasteiger partial charge in [-0.05, 0) is 109 Å². The Morgan fingerprint density at radius 1 is 0.301 bits per heavy atom. The predicted molar refractivity (Wildman–Crippen MR) is 316 cm³/mol. The summed E-state index contributed by atoms with van der Waals surface area (Å²) >= 11 is 0. The first-order valence-corrected chi connectivity index (χ1v) is 30.0. The lowest BCUT2D eigenvalue weighted by molar-refractivity contribution is -0.166. The van der Waals surface area contributed by atoms with E-state index in [0.717, 1.165) is 109 Å². The van der Waals surface area contributed by atoms with E-state index in [2.05, 4.69) is 130 Å². The molecule has 0 aromatic heterocycles. The van der Waals surface area contributed by atoms with Gasteiger partial charge in [-0.2, -0.15) is 0 Å². The fourth-order valence-electron chi connectivity index (χ4n) is 7.97. The molecule has 6 heteroatoms. The summed E-state index contributed by atoms with van der Waals surface area (Å²) < 4.78 is 16.7. The standard InChI is InChI=1S/C67H110O6/c1-4-7-10-13-16-19-22-25-27-28-29-30-31-32-33-34-35-36-37-38-40-42-45-48-51-54-57-60-66(69)72-63-64(62-71-65(68)59-56-53-50-47-44-41-24-21-18-15-12-9-6-3)73-67(70)61-58-55-52-49-46-43-39-26-23-20-17-14-11-8-5-2/h8,11-12,15,17,20-22,24-26,28-29,31-32,39,46,49,55,58,64H,4-7,9-10,13-14,16,18-19,23,27,30,33-38,40-45,47-48,50-54,56-57,59-63H2,1-3H3/b11-8-,15-12-,20-17-,24-21-,25-22-,29-28-,32-31-,39-26-,49-46-,58-55-. The minimum absolute atomic E-state index is 0.0898. The Hall–Kier alpha value is -4.19. The van der Waals surface area contributed by atoms with Crippen LogP contribution in [0.25, 0.3) is 0 Å². The molecule has 0 aliphatic heterocycles. The fraction of sp³-hybridized carbons (Fsp3) is 0.657. The molecule has 0 rings (SSSR count). The molecule has 0 aliphatic rings. The summed E-state index contributed by atoms with van der Waals surface area (Å²) in [6.07, 6.45) is 83.7. The van der Waals surface area contributed by atoms with Crippen LogP contribution in [0.15, 0.2) is 122 Å². The molecule has 0 aromatic rings. The van der Waals surface area contributed by atoms with E-state index in [1.807, 2.05) is 6.08 Å². The smallest absolute Gasteiger partial charge is 0.310 e. The Morgan fingerprint density at radius 2 is 0.603 bits per heavy atom. The van der Waals surface area contributed by atoms with Crippen LogP contribution in [0.1, 0.15) is 265 Å². The Morgan fingerprint density at radius 3 is 0.959 bits per heavy atom. The van der Waals surface area contributed by atoms with Crippen molar-refractivity contribution in [3.63, 3.8) is 0 Å². The molecule has 414 valence electrons. The van der Waals surface area contributed by atoms with Crippen LogP contribution in [0.2, 0.25) is 0 Å². The summed E-state index contributed by atoms with van der Waals surface area (Å²) in [5, 5.41) is 0. The third-order valence-electron chi connectivity index (χ3n) is 12.4. The maximum absolute atomic E-state index is 12.8. The van der Waals surface area contributed by atoms with E-state index in [-0.39, 0.29) is 31.6 Å². The number of hydrogen-bond acceptors (Lipinski definition) is 6. The second kappa shape index (κ2) is 60.4. The van der Waals surface area contributed by atoms with Gasteiger partial charge in [-0.15, -0.1) is 0 Å². The largest absolute Gasteiger partial charge is 0.462 e. The monoisotopic (exact) mass is 1010 g/mol. The van der Waals surface area contributed by atoms with Gasteiger partial charge >= 0.3 is 17.9 Å². The normalized spacial score (nSPS) is 13.0. The molecule has 0 bridgehead atoms. The highest BCUT2D eigenvalue weighted by Gasteiger charge is 2.19. The Balaban J connectivity index is 4.36. The average Bonchev–Trinajstić information content (AvgIpc) is 3.39. The number of allylic oxidation sites excluding steroid dienone is 19. The zero-order valence-corrected chi connectivity index (χ0v) is 47.4. The predicted octanol–water partition coefficient (Wildman–Crippen LogP) is 20.4. The molecule has 0 heterocycles. The Bertz CT molecular complexity index is 1540. The molecule has 0 N–H and O–H groups in total. The van der Waals surface area contributed by atoms with Crippen LogP contribution in [-0.2, 0) is 28.6 Å². The van der Waals surface area contributed by atoms with Crippen LogP contribution in [0.4, 0.5) is 0 Å². The van der Waals surface area contributed by atoms with E-state index in [1.54, 1.807) is 6.08 Å². The first kappa shape index (κ1) is 68.8. The van der Waals surface area contributed by atoms with E-state index in [4.69, 9.17) is 14.2 Å². The lowest BCUT2D eigenvalue weighted by Crippen LogP contribution is -2.30. The summed E-state index contributed by atoms with van der Waals surface area (Å²) in [6, 6.07) is 0. The molecule has 0 saturated heterocycles. The summed E-state index contributed by atoms with van der Waals surface area (Å²) in [5.74, 6) is -1.07. The summed E-state index contributed by atoms with van der Waals surface area (Å²) in [7, 11) is 0. The van der Waals surface area contributed by atoms with Gasteiger partial charge in [0.25, 0.3) is 0 Å². The highest BCUT2D eigenvalue weighted by molar-refractivity contribution is 5.72. The molecule has 6 nitrogen and oxygen atoms in total. The molecule has 1 atom stereocenters. The molecule has 0 aromatic carbocycles. The van der Waals surface area contributed by atoms with Crippen molar-refractivity contribution in [2.24, 2.45) is 0 Å². The van der Waals surface area contributed by atoms with Crippen molar-refractivity contribution >= 4 is 17.9 Å². The van der Waals surface area contributed by atoms with Gasteiger partial charge in [-0.3, -0.25) is 14.4 Å². The molecule has 1 unspecified atom stereocenters. The van der Waals surface area contributed by atoms with Crippen molar-refractivity contribution < 1.29 is 28.6 Å². The molecule has 0 spiro atoms. The number of carbonyl (C=O) groups is 3. The van der Waals surface area contributed by atoms with Gasteiger partial charge in [0.05, 0.1) is 6.42 Å². The number of esters is 3. The maximum atomic E-state index is 12.8. The zero-order chi connectivity index (χ0) is 52.9. The molecule has 0 radical (unpaired) electrons. The molecule has 0 saturated carbocycles. The van der Waals surface area contributed by atoms with Crippen molar-refractivity contribution in [2.45, 2.75) is 271 Å². The van der Waals surface area contributed by atoms with Gasteiger partial charge in [-0.25, -0.2) is 0 Å². The van der Waals surface area contributed by atoms with Gasteiger partial charge in [0, 0.05) is 12.8 Å². The van der Waals surface area contributed by atoms with Gasteiger partial charge in [0.15, 0.2) is 6.10 Å². The number of hydrogen-bond donors (Lipinski definition) is 0. The molecule has 0 fully saturated rings. The van der Waals surface area contributed by atoms with Gasteiger partial charge in [0.1, 0.15) is 13.2 Å². The molecular formula is C67H110O6. The second-order valence-corrected chi connectivity index (χ2v) is 19.5. The van der Waals surface area contributed by atoms with Gasteiger partial charge in [0.2, 0.25) is 0 Å². The summed E-state index contributed by atoms with van der Waals surface area (Å²) in [5.41, 5.74) is 0. The SMILES string of the molecule is CC/C=C\C/C=C\C/C=C\C/C=C\C/C=C\CC(=O)OC(COC(=O)CCCCCCC/C=C\C/C=C\CCC)COC(=O)CCCCCCCCCCCCCC/C=C\C/C=C\C/C=C\CCCCCCC. The van der Waals surface area contributed by atoms with Crippen molar-refractivity contribution in [3.05, 3.63) is 122 Å². The van der Waals surface area contributed by atoms with E-state index in [0.29, 0.717) is 19.3 Å². The van der Waals surface area contributed by atoms with E-state index < -0.39 is 12.1 Å². The zero-order valence-electron chi connectivity index (χ0n) is 47.4. The van der Waals surface area contributed by atoms with Crippen LogP contribution in [0, 0.1) is 0 Å². The molecule has 0 aliphatic carbocycles.